The highest BCUT2D eigenvalue weighted by Gasteiger charge is 1.39. The van der Waals surface area contributed by atoms with Gasteiger partial charge in [0.2, 0.25) is 0 Å². The Labute approximate surface area is 36.8 Å². The van der Waals surface area contributed by atoms with E-state index in [1.807, 2.05) is 0 Å². The van der Waals surface area contributed by atoms with Crippen LogP contribution in [0.15, 0.2) is 0 Å². The SMILES string of the molecule is CC[O].[Al]. The predicted molar refractivity (Wildman–Crippen MR) is 17.0 cm³/mol. The summed E-state index contributed by atoms with van der Waals surface area (Å²) in [5.74, 6) is 0. The van der Waals surface area contributed by atoms with Crippen LogP contribution in [0.2, 0.25) is 0 Å². The number of hydrogen-bond acceptors (Lipinski definition) is 0. The van der Waals surface area contributed by atoms with Crippen LogP contribution in [0.1, 0.15) is 6.92 Å². The summed E-state index contributed by atoms with van der Waals surface area (Å²) in [6, 6.07) is 0. The second kappa shape index (κ2) is 9.74. The van der Waals surface area contributed by atoms with Crippen molar-refractivity contribution in [3.8, 4) is 0 Å². The lowest BCUT2D eigenvalue weighted by atomic mass is 10.9. The zero-order chi connectivity index (χ0) is 2.71. The summed E-state index contributed by atoms with van der Waals surface area (Å²) in [6.45, 7) is 1.57. The van der Waals surface area contributed by atoms with E-state index in [0.717, 1.165) is 0 Å². The lowest BCUT2D eigenvalue weighted by Gasteiger charge is -1.45. The molecule has 0 atom stereocenters. The van der Waals surface area contributed by atoms with Gasteiger partial charge < -0.3 is 0 Å². The smallest absolute Gasteiger partial charge is 0.0794 e. The molecule has 4 heavy (non-hydrogen) atoms. The summed E-state index contributed by atoms with van der Waals surface area (Å²) < 4.78 is 0. The third-order valence-corrected chi connectivity index (χ3v) is 0. The Bertz CT molecular complexity index is 6.00. The minimum atomic E-state index is 0. The lowest BCUT2D eigenvalue weighted by Crippen LogP contribution is -1.52. The zero-order valence-electron chi connectivity index (χ0n) is 2.69. The van der Waals surface area contributed by atoms with Crippen molar-refractivity contribution in [2.45, 2.75) is 6.92 Å². The topological polar surface area (TPSA) is 19.9 Å². The van der Waals surface area contributed by atoms with E-state index in [4.69, 9.17) is 5.11 Å². The van der Waals surface area contributed by atoms with Gasteiger partial charge in [-0.2, -0.15) is 0 Å². The van der Waals surface area contributed by atoms with Crippen molar-refractivity contribution in [2.24, 2.45) is 0 Å². The molecule has 0 rings (SSSR count). The highest BCUT2D eigenvalue weighted by Crippen LogP contribution is 1.33. The van der Waals surface area contributed by atoms with E-state index >= 15 is 0 Å². The van der Waals surface area contributed by atoms with Crippen molar-refractivity contribution in [3.05, 3.63) is 0 Å². The monoisotopic (exact) mass is 72.0 g/mol. The molecular formula is C2H5AlO. The Balaban J connectivity index is 0. The maximum Gasteiger partial charge on any atom is 0.0794 e. The Hall–Kier alpha value is 0.492. The molecule has 0 bridgehead atoms. The first-order valence-electron chi connectivity index (χ1n) is 0.996. The van der Waals surface area contributed by atoms with Gasteiger partial charge in [0.1, 0.15) is 0 Å². The van der Waals surface area contributed by atoms with Crippen LogP contribution in [0, 0.1) is 0 Å². The standard InChI is InChI=1S/C2H5O.Al/c1-2-3;/h2H2,1H3;. The fraction of sp³-hybridized carbons (Fsp3) is 1.00. The Morgan fingerprint density at radius 1 is 1.75 bits per heavy atom. The molecule has 0 aliphatic rings. The average Bonchev–Trinajstić information content (AvgIpc) is 0.918. The molecule has 0 aromatic heterocycles. The van der Waals surface area contributed by atoms with Crippen LogP contribution in [0.5, 0.6) is 0 Å². The van der Waals surface area contributed by atoms with Crippen molar-refractivity contribution in [2.75, 3.05) is 6.61 Å². The largest absolute Gasteiger partial charge is 0.237 e. The normalized spacial score (nSPS) is 4.50. The Morgan fingerprint density at radius 3 is 1.75 bits per heavy atom. The van der Waals surface area contributed by atoms with Gasteiger partial charge in [-0.3, -0.25) is 0 Å². The Kier molecular flexibility index (Phi) is 21.5. The molecule has 1 nitrogen and oxygen atoms in total. The second-order valence-electron chi connectivity index (χ2n) is 0.289. The van der Waals surface area contributed by atoms with Crippen molar-refractivity contribution < 1.29 is 5.11 Å². The van der Waals surface area contributed by atoms with Crippen LogP contribution in [-0.2, 0) is 5.11 Å². The van der Waals surface area contributed by atoms with Crippen molar-refractivity contribution in [1.29, 1.82) is 0 Å². The quantitative estimate of drug-likeness (QED) is 0.360. The van der Waals surface area contributed by atoms with E-state index in [2.05, 4.69) is 0 Å². The number of hydrogen-bond donors (Lipinski definition) is 0. The fourth-order valence-corrected chi connectivity index (χ4v) is 0. The fourth-order valence-electron chi connectivity index (χ4n) is 0. The summed E-state index contributed by atoms with van der Waals surface area (Å²) in [6.07, 6.45) is 0. The molecule has 0 spiro atoms. The minimum absolute atomic E-state index is 0. The third-order valence-electron chi connectivity index (χ3n) is 0. The second-order valence-corrected chi connectivity index (χ2v) is 0.289. The van der Waals surface area contributed by atoms with Crippen LogP contribution >= 0.6 is 0 Å². The summed E-state index contributed by atoms with van der Waals surface area (Å²) in [5, 5.41) is 8.93. The van der Waals surface area contributed by atoms with Crippen LogP contribution in [0.25, 0.3) is 0 Å². The van der Waals surface area contributed by atoms with E-state index in [9.17, 15) is 0 Å². The molecule has 0 amide bonds. The van der Waals surface area contributed by atoms with Crippen LogP contribution < -0.4 is 0 Å². The third kappa shape index (κ3) is 22.9. The molecule has 0 aromatic rings. The Morgan fingerprint density at radius 2 is 1.75 bits per heavy atom. The summed E-state index contributed by atoms with van der Waals surface area (Å²) >= 11 is 0. The molecule has 0 unspecified atom stereocenters. The van der Waals surface area contributed by atoms with E-state index in [-0.39, 0.29) is 24.0 Å². The minimum Gasteiger partial charge on any atom is -0.237 e. The van der Waals surface area contributed by atoms with Gasteiger partial charge in [0, 0.05) is 17.4 Å². The van der Waals surface area contributed by atoms with Gasteiger partial charge in [-0.15, -0.1) is 0 Å². The molecule has 0 heterocycles. The molecule has 0 aliphatic heterocycles. The predicted octanol–water partition coefficient (Wildman–Crippen LogP) is 0.0560. The average molecular weight is 72.0 g/mol. The van der Waals surface area contributed by atoms with Gasteiger partial charge in [-0.05, 0) is 6.92 Å². The van der Waals surface area contributed by atoms with Crippen LogP contribution in [0.3, 0.4) is 0 Å². The van der Waals surface area contributed by atoms with Gasteiger partial charge in [0.15, 0.2) is 0 Å². The molecule has 0 aromatic carbocycles. The molecule has 4 radical (unpaired) electrons. The van der Waals surface area contributed by atoms with E-state index < -0.39 is 0 Å². The molecule has 0 N–H and O–H groups in total. The van der Waals surface area contributed by atoms with Crippen molar-refractivity contribution >= 4 is 17.4 Å². The van der Waals surface area contributed by atoms with Crippen LogP contribution in [0.4, 0.5) is 0 Å². The van der Waals surface area contributed by atoms with E-state index in [1.54, 1.807) is 6.92 Å². The molecular weight excluding hydrogens is 67.0 g/mol. The summed E-state index contributed by atoms with van der Waals surface area (Å²) in [7, 11) is 0. The number of rotatable bonds is 0. The van der Waals surface area contributed by atoms with Gasteiger partial charge in [-0.25, -0.2) is 5.11 Å². The summed E-state index contributed by atoms with van der Waals surface area (Å²) in [4.78, 5) is 0. The highest BCUT2D eigenvalue weighted by atomic mass is 27.0. The van der Waals surface area contributed by atoms with E-state index in [1.165, 1.54) is 0 Å². The first-order chi connectivity index (χ1) is 1.41. The zero-order valence-corrected chi connectivity index (χ0v) is 3.85. The highest BCUT2D eigenvalue weighted by molar-refractivity contribution is 5.75. The van der Waals surface area contributed by atoms with Crippen molar-refractivity contribution in [3.63, 3.8) is 0 Å². The van der Waals surface area contributed by atoms with E-state index in [0.29, 0.717) is 0 Å². The molecule has 0 fully saturated rings. The van der Waals surface area contributed by atoms with Gasteiger partial charge in [-0.1, -0.05) is 0 Å². The molecule has 0 saturated heterocycles. The van der Waals surface area contributed by atoms with Gasteiger partial charge in [0.25, 0.3) is 0 Å². The molecule has 0 saturated carbocycles. The van der Waals surface area contributed by atoms with Crippen molar-refractivity contribution in [1.82, 2.24) is 0 Å². The van der Waals surface area contributed by atoms with Gasteiger partial charge in [0.05, 0.1) is 6.61 Å². The molecule has 22 valence electrons. The summed E-state index contributed by atoms with van der Waals surface area (Å²) in [5.41, 5.74) is 0. The lowest BCUT2D eigenvalue weighted by molar-refractivity contribution is 0.212. The maximum absolute atomic E-state index is 8.93. The van der Waals surface area contributed by atoms with Crippen LogP contribution in [-0.4, -0.2) is 24.0 Å². The molecule has 0 aliphatic carbocycles. The maximum atomic E-state index is 8.93. The first kappa shape index (κ1) is 8.82. The first-order valence-corrected chi connectivity index (χ1v) is 0.996. The molecule has 2 heteroatoms. The van der Waals surface area contributed by atoms with Gasteiger partial charge >= 0.3 is 0 Å².